The largest absolute Gasteiger partial charge is 0.508 e. The second-order valence-corrected chi connectivity index (χ2v) is 3.70. The van der Waals surface area contributed by atoms with E-state index < -0.39 is 0 Å². The zero-order chi connectivity index (χ0) is 12.1. The lowest BCUT2D eigenvalue weighted by molar-refractivity contribution is 0.475. The van der Waals surface area contributed by atoms with Crippen LogP contribution in [0.1, 0.15) is 5.56 Å². The van der Waals surface area contributed by atoms with Crippen molar-refractivity contribution in [3.8, 4) is 5.75 Å². The van der Waals surface area contributed by atoms with Gasteiger partial charge in [0.2, 0.25) is 0 Å². The topological polar surface area (TPSA) is 35.8 Å². The molecule has 0 saturated carbocycles. The molecule has 2 aromatic carbocycles. The van der Waals surface area contributed by atoms with Crippen LogP contribution >= 0.6 is 0 Å². The summed E-state index contributed by atoms with van der Waals surface area (Å²) in [6.07, 6.45) is 1.72. The minimum absolute atomic E-state index is 0.247. The summed E-state index contributed by atoms with van der Waals surface area (Å²) in [7, 11) is 1.88. The van der Waals surface area contributed by atoms with Crippen LogP contribution in [0.3, 0.4) is 0 Å². The summed E-state index contributed by atoms with van der Waals surface area (Å²) in [6.45, 7) is 0. The number of hydrogen-bond donors (Lipinski definition) is 1. The SMILES string of the molecule is CN(N=Cc1cccc(O)c1)c1ccccc1. The number of nitrogens with zero attached hydrogens (tertiary/aromatic N) is 2. The van der Waals surface area contributed by atoms with Crippen LogP contribution in [0.4, 0.5) is 5.69 Å². The number of hydrogen-bond acceptors (Lipinski definition) is 3. The van der Waals surface area contributed by atoms with Gasteiger partial charge in [0.1, 0.15) is 5.75 Å². The van der Waals surface area contributed by atoms with Crippen LogP contribution in [-0.2, 0) is 0 Å². The van der Waals surface area contributed by atoms with Crippen LogP contribution in [0.15, 0.2) is 59.7 Å². The van der Waals surface area contributed by atoms with Crippen LogP contribution in [0.2, 0.25) is 0 Å². The Kier molecular flexibility index (Phi) is 3.40. The predicted octanol–water partition coefficient (Wildman–Crippen LogP) is 2.86. The van der Waals surface area contributed by atoms with E-state index in [-0.39, 0.29) is 5.75 Å². The molecular weight excluding hydrogens is 212 g/mol. The van der Waals surface area contributed by atoms with Gasteiger partial charge in [-0.1, -0.05) is 30.3 Å². The molecule has 0 atom stereocenters. The normalized spacial score (nSPS) is 10.6. The first-order valence-electron chi connectivity index (χ1n) is 5.37. The van der Waals surface area contributed by atoms with E-state index in [0.29, 0.717) is 0 Å². The molecule has 1 N–H and O–H groups in total. The molecule has 0 saturated heterocycles. The van der Waals surface area contributed by atoms with Gasteiger partial charge in [-0.2, -0.15) is 5.10 Å². The van der Waals surface area contributed by atoms with Gasteiger partial charge in [-0.3, -0.25) is 5.01 Å². The third-order valence-corrected chi connectivity index (χ3v) is 2.38. The number of benzene rings is 2. The maximum atomic E-state index is 9.32. The van der Waals surface area contributed by atoms with Crippen molar-refractivity contribution in [2.75, 3.05) is 12.1 Å². The number of rotatable bonds is 3. The van der Waals surface area contributed by atoms with Crippen molar-refractivity contribution in [1.29, 1.82) is 0 Å². The minimum atomic E-state index is 0.247. The van der Waals surface area contributed by atoms with E-state index >= 15 is 0 Å². The highest BCUT2D eigenvalue weighted by Gasteiger charge is 1.95. The molecule has 2 aromatic rings. The van der Waals surface area contributed by atoms with E-state index in [1.165, 1.54) is 0 Å². The standard InChI is InChI=1S/C14H14N2O/c1-16(13-7-3-2-4-8-13)15-11-12-6-5-9-14(17)10-12/h2-11,17H,1H3. The van der Waals surface area contributed by atoms with Crippen LogP contribution in [0.25, 0.3) is 0 Å². The summed E-state index contributed by atoms with van der Waals surface area (Å²) in [5.41, 5.74) is 1.89. The van der Waals surface area contributed by atoms with Crippen LogP contribution in [-0.4, -0.2) is 18.4 Å². The van der Waals surface area contributed by atoms with E-state index in [9.17, 15) is 5.11 Å². The fourth-order valence-corrected chi connectivity index (χ4v) is 1.47. The van der Waals surface area contributed by atoms with Gasteiger partial charge >= 0.3 is 0 Å². The van der Waals surface area contributed by atoms with Gasteiger partial charge in [0, 0.05) is 7.05 Å². The third-order valence-electron chi connectivity index (χ3n) is 2.38. The summed E-state index contributed by atoms with van der Waals surface area (Å²) in [6, 6.07) is 16.9. The first-order chi connectivity index (χ1) is 8.25. The van der Waals surface area contributed by atoms with Gasteiger partial charge in [-0.15, -0.1) is 0 Å². The van der Waals surface area contributed by atoms with E-state index in [1.807, 2.05) is 43.4 Å². The van der Waals surface area contributed by atoms with Gasteiger partial charge in [-0.05, 0) is 29.8 Å². The Hall–Kier alpha value is -2.29. The highest BCUT2D eigenvalue weighted by atomic mass is 16.3. The van der Waals surface area contributed by atoms with Crippen LogP contribution in [0.5, 0.6) is 5.75 Å². The lowest BCUT2D eigenvalue weighted by Gasteiger charge is -2.11. The maximum absolute atomic E-state index is 9.32. The molecule has 3 heteroatoms. The molecule has 2 rings (SSSR count). The Morgan fingerprint density at radius 3 is 2.53 bits per heavy atom. The van der Waals surface area contributed by atoms with Crippen molar-refractivity contribution in [3.63, 3.8) is 0 Å². The summed E-state index contributed by atoms with van der Waals surface area (Å²) in [5.74, 6) is 0.247. The smallest absolute Gasteiger partial charge is 0.116 e. The fraction of sp³-hybridized carbons (Fsp3) is 0.0714. The van der Waals surface area contributed by atoms with Gasteiger partial charge in [0.25, 0.3) is 0 Å². The number of aromatic hydroxyl groups is 1. The van der Waals surface area contributed by atoms with Crippen molar-refractivity contribution in [2.24, 2.45) is 5.10 Å². The highest BCUT2D eigenvalue weighted by molar-refractivity contribution is 5.80. The van der Waals surface area contributed by atoms with E-state index in [2.05, 4.69) is 5.10 Å². The molecule has 3 nitrogen and oxygen atoms in total. The predicted molar refractivity (Wildman–Crippen MR) is 70.5 cm³/mol. The fourth-order valence-electron chi connectivity index (χ4n) is 1.47. The van der Waals surface area contributed by atoms with Crippen molar-refractivity contribution >= 4 is 11.9 Å². The molecule has 0 bridgehead atoms. The third kappa shape index (κ3) is 3.08. The first kappa shape index (κ1) is 11.2. The molecule has 0 aliphatic rings. The van der Waals surface area contributed by atoms with E-state index in [4.69, 9.17) is 0 Å². The van der Waals surface area contributed by atoms with Gasteiger partial charge in [0.05, 0.1) is 11.9 Å². The molecule has 86 valence electrons. The molecule has 17 heavy (non-hydrogen) atoms. The molecule has 0 aromatic heterocycles. The second-order valence-electron chi connectivity index (χ2n) is 3.70. The lowest BCUT2D eigenvalue weighted by Crippen LogP contribution is -2.08. The first-order valence-corrected chi connectivity index (χ1v) is 5.37. The Labute approximate surface area is 101 Å². The van der Waals surface area contributed by atoms with Crippen molar-refractivity contribution in [2.45, 2.75) is 0 Å². The lowest BCUT2D eigenvalue weighted by atomic mass is 10.2. The second kappa shape index (κ2) is 5.16. The average molecular weight is 226 g/mol. The molecule has 0 amide bonds. The molecule has 0 radical (unpaired) electrons. The minimum Gasteiger partial charge on any atom is -0.508 e. The monoisotopic (exact) mass is 226 g/mol. The molecule has 0 aliphatic heterocycles. The van der Waals surface area contributed by atoms with Crippen LogP contribution < -0.4 is 5.01 Å². The molecule has 0 spiro atoms. The number of hydrazone groups is 1. The molecule has 0 fully saturated rings. The number of para-hydroxylation sites is 1. The Morgan fingerprint density at radius 2 is 1.82 bits per heavy atom. The van der Waals surface area contributed by atoms with Gasteiger partial charge in [0.15, 0.2) is 0 Å². The number of anilines is 1. The zero-order valence-electron chi connectivity index (χ0n) is 9.62. The zero-order valence-corrected chi connectivity index (χ0v) is 9.62. The van der Waals surface area contributed by atoms with Crippen molar-refractivity contribution < 1.29 is 5.11 Å². The average Bonchev–Trinajstić information content (AvgIpc) is 2.37. The summed E-state index contributed by atoms with van der Waals surface area (Å²) >= 11 is 0. The summed E-state index contributed by atoms with van der Waals surface area (Å²) in [4.78, 5) is 0. The number of phenols is 1. The Bertz CT molecular complexity index is 509. The highest BCUT2D eigenvalue weighted by Crippen LogP contribution is 2.12. The summed E-state index contributed by atoms with van der Waals surface area (Å²) < 4.78 is 0. The van der Waals surface area contributed by atoms with E-state index in [1.54, 1.807) is 29.4 Å². The van der Waals surface area contributed by atoms with Gasteiger partial charge in [-0.25, -0.2) is 0 Å². The van der Waals surface area contributed by atoms with Gasteiger partial charge < -0.3 is 5.11 Å². The van der Waals surface area contributed by atoms with Crippen molar-refractivity contribution in [1.82, 2.24) is 0 Å². The van der Waals surface area contributed by atoms with Crippen molar-refractivity contribution in [3.05, 3.63) is 60.2 Å². The quantitative estimate of drug-likeness (QED) is 0.645. The molecule has 0 unspecified atom stereocenters. The molecular formula is C14H14N2O. The maximum Gasteiger partial charge on any atom is 0.116 e. The molecule has 0 heterocycles. The Morgan fingerprint density at radius 1 is 1.06 bits per heavy atom. The summed E-state index contributed by atoms with van der Waals surface area (Å²) in [5, 5.41) is 15.4. The molecule has 0 aliphatic carbocycles. The van der Waals surface area contributed by atoms with Crippen LogP contribution in [0, 0.1) is 0 Å². The van der Waals surface area contributed by atoms with E-state index in [0.717, 1.165) is 11.3 Å². The Balaban J connectivity index is 2.11. The number of phenolic OH excluding ortho intramolecular Hbond substituents is 1.